The Labute approximate surface area is 201 Å². The van der Waals surface area contributed by atoms with Crippen LogP contribution in [-0.4, -0.2) is 22.7 Å². The standard InChI is InChI=1S/C16H13NO3.C9H9Cl2NO/c18-15(19)14-11-16(20-17-14,12-7-3-1-4-8-12)13-9-5-2-6-10-13;1-2-9(13)12-6-3-4-7(10)8(11)5-6/h1-10H,11H2,(H,18,19);3-5H,2H2,1H3,(H,12,13). The summed E-state index contributed by atoms with van der Waals surface area (Å²) < 4.78 is 0. The number of nitrogens with one attached hydrogen (secondary N) is 1. The Morgan fingerprint density at radius 3 is 2.00 bits per heavy atom. The minimum absolute atomic E-state index is 0.0395. The van der Waals surface area contributed by atoms with Crippen LogP contribution in [0.25, 0.3) is 0 Å². The Morgan fingerprint density at radius 1 is 0.970 bits per heavy atom. The molecule has 8 heteroatoms. The molecule has 0 spiro atoms. The fraction of sp³-hybridized carbons (Fsp3) is 0.160. The summed E-state index contributed by atoms with van der Waals surface area (Å²) in [7, 11) is 0. The summed E-state index contributed by atoms with van der Waals surface area (Å²) in [5.41, 5.74) is 1.65. The molecular weight excluding hydrogens is 463 g/mol. The number of carbonyl (C=O) groups excluding carboxylic acids is 1. The first kappa shape index (κ1) is 24.3. The topological polar surface area (TPSA) is 88.0 Å². The molecule has 3 aromatic carbocycles. The number of anilines is 1. The maximum absolute atomic E-state index is 11.1. The summed E-state index contributed by atoms with van der Waals surface area (Å²) in [6.45, 7) is 1.78. The summed E-state index contributed by atoms with van der Waals surface area (Å²) in [5.74, 6) is -1.09. The van der Waals surface area contributed by atoms with Crippen LogP contribution in [0, 0.1) is 0 Å². The highest BCUT2D eigenvalue weighted by atomic mass is 35.5. The van der Waals surface area contributed by atoms with Gasteiger partial charge in [0.1, 0.15) is 0 Å². The lowest BCUT2D eigenvalue weighted by molar-refractivity contribution is -0.129. The number of nitrogens with zero attached hydrogens (tertiary/aromatic N) is 1. The molecule has 1 heterocycles. The molecule has 4 rings (SSSR count). The number of carboxylic acid groups (broad SMARTS) is 1. The molecule has 0 atom stereocenters. The lowest BCUT2D eigenvalue weighted by atomic mass is 9.82. The van der Waals surface area contributed by atoms with Crippen LogP contribution in [0.15, 0.2) is 84.0 Å². The van der Waals surface area contributed by atoms with Gasteiger partial charge in [0.05, 0.1) is 16.5 Å². The van der Waals surface area contributed by atoms with Gasteiger partial charge in [-0.05, 0) is 18.2 Å². The Hall–Kier alpha value is -3.35. The van der Waals surface area contributed by atoms with Crippen molar-refractivity contribution < 1.29 is 19.5 Å². The minimum Gasteiger partial charge on any atom is -0.477 e. The number of hydrogen-bond acceptors (Lipinski definition) is 4. The van der Waals surface area contributed by atoms with Gasteiger partial charge in [-0.15, -0.1) is 0 Å². The van der Waals surface area contributed by atoms with Gasteiger partial charge in [0, 0.05) is 23.2 Å². The van der Waals surface area contributed by atoms with Gasteiger partial charge in [0.2, 0.25) is 5.91 Å². The molecule has 170 valence electrons. The van der Waals surface area contributed by atoms with E-state index in [1.807, 2.05) is 60.7 Å². The Balaban J connectivity index is 0.000000205. The second-order valence-electron chi connectivity index (χ2n) is 7.20. The van der Waals surface area contributed by atoms with E-state index in [-0.39, 0.29) is 18.0 Å². The van der Waals surface area contributed by atoms with Crippen LogP contribution in [0.3, 0.4) is 0 Å². The fourth-order valence-corrected chi connectivity index (χ4v) is 3.56. The van der Waals surface area contributed by atoms with Crippen molar-refractivity contribution in [2.75, 3.05) is 5.32 Å². The average Bonchev–Trinajstić information content (AvgIpc) is 3.30. The Kier molecular flexibility index (Phi) is 8.09. The molecule has 2 N–H and O–H groups in total. The van der Waals surface area contributed by atoms with E-state index in [9.17, 15) is 9.59 Å². The van der Waals surface area contributed by atoms with Crippen molar-refractivity contribution >= 4 is 46.5 Å². The van der Waals surface area contributed by atoms with Gasteiger partial charge in [-0.1, -0.05) is 95.9 Å². The fourth-order valence-electron chi connectivity index (χ4n) is 3.26. The van der Waals surface area contributed by atoms with Crippen molar-refractivity contribution in [3.8, 4) is 0 Å². The lowest BCUT2D eigenvalue weighted by Crippen LogP contribution is -2.29. The van der Waals surface area contributed by atoms with E-state index < -0.39 is 11.6 Å². The summed E-state index contributed by atoms with van der Waals surface area (Å²) in [6, 6.07) is 24.1. The van der Waals surface area contributed by atoms with Gasteiger partial charge in [0.15, 0.2) is 11.3 Å². The van der Waals surface area contributed by atoms with E-state index in [2.05, 4.69) is 10.5 Å². The molecule has 0 radical (unpaired) electrons. The van der Waals surface area contributed by atoms with E-state index in [1.165, 1.54) is 0 Å². The van der Waals surface area contributed by atoms with Crippen molar-refractivity contribution in [1.82, 2.24) is 0 Å². The van der Waals surface area contributed by atoms with E-state index in [0.29, 0.717) is 22.2 Å². The molecule has 0 unspecified atom stereocenters. The zero-order chi connectivity index (χ0) is 23.8. The molecule has 33 heavy (non-hydrogen) atoms. The number of carbonyl (C=O) groups is 2. The number of rotatable bonds is 5. The number of oxime groups is 1. The molecule has 1 amide bonds. The van der Waals surface area contributed by atoms with Crippen molar-refractivity contribution in [3.63, 3.8) is 0 Å². The van der Waals surface area contributed by atoms with Crippen LogP contribution in [0.5, 0.6) is 0 Å². The minimum atomic E-state index is -1.04. The second kappa shape index (κ2) is 11.0. The smallest absolute Gasteiger partial charge is 0.353 e. The molecule has 1 aliphatic rings. The van der Waals surface area contributed by atoms with E-state index in [0.717, 1.165) is 11.1 Å². The second-order valence-corrected chi connectivity index (χ2v) is 8.02. The highest BCUT2D eigenvalue weighted by Crippen LogP contribution is 2.41. The number of halogens is 2. The third-order valence-electron chi connectivity index (χ3n) is 4.98. The molecule has 6 nitrogen and oxygen atoms in total. The number of carboxylic acids is 1. The number of aliphatic carboxylic acids is 1. The van der Waals surface area contributed by atoms with Gasteiger partial charge in [0.25, 0.3) is 0 Å². The van der Waals surface area contributed by atoms with Crippen molar-refractivity contribution in [1.29, 1.82) is 0 Å². The first-order valence-electron chi connectivity index (χ1n) is 10.2. The first-order chi connectivity index (χ1) is 15.9. The maximum atomic E-state index is 11.1. The van der Waals surface area contributed by atoms with Crippen molar-refractivity contribution in [3.05, 3.63) is 100 Å². The van der Waals surface area contributed by atoms with E-state index in [1.54, 1.807) is 25.1 Å². The van der Waals surface area contributed by atoms with Gasteiger partial charge < -0.3 is 15.3 Å². The van der Waals surface area contributed by atoms with Gasteiger partial charge in [-0.2, -0.15) is 0 Å². The SMILES string of the molecule is CCC(=O)Nc1ccc(Cl)c(Cl)c1.O=C(O)C1=NOC(c2ccccc2)(c2ccccc2)C1. The molecule has 3 aromatic rings. The molecular formula is C25H22Cl2N2O4. The zero-order valence-electron chi connectivity index (χ0n) is 17.8. The summed E-state index contributed by atoms with van der Waals surface area (Å²) in [6.07, 6.45) is 0.663. The summed E-state index contributed by atoms with van der Waals surface area (Å²) in [4.78, 5) is 27.7. The highest BCUT2D eigenvalue weighted by Gasteiger charge is 2.44. The molecule has 0 bridgehead atoms. The van der Waals surface area contributed by atoms with E-state index >= 15 is 0 Å². The molecule has 1 aliphatic heterocycles. The third kappa shape index (κ3) is 5.92. The first-order valence-corrected chi connectivity index (χ1v) is 11.0. The van der Waals surface area contributed by atoms with Gasteiger partial charge in [-0.3, -0.25) is 4.79 Å². The van der Waals surface area contributed by atoms with Crippen molar-refractivity contribution in [2.24, 2.45) is 5.16 Å². The molecule has 0 saturated heterocycles. The van der Waals surface area contributed by atoms with Gasteiger partial charge in [-0.25, -0.2) is 4.79 Å². The van der Waals surface area contributed by atoms with Crippen LogP contribution >= 0.6 is 23.2 Å². The van der Waals surface area contributed by atoms with Crippen LogP contribution in [0.2, 0.25) is 10.0 Å². The normalized spacial score (nSPS) is 13.7. The predicted octanol–water partition coefficient (Wildman–Crippen LogP) is 6.13. The zero-order valence-corrected chi connectivity index (χ0v) is 19.3. The van der Waals surface area contributed by atoms with Crippen LogP contribution in [-0.2, 0) is 20.0 Å². The number of hydrogen-bond donors (Lipinski definition) is 2. The molecule has 0 aromatic heterocycles. The predicted molar refractivity (Wildman–Crippen MR) is 130 cm³/mol. The van der Waals surface area contributed by atoms with Crippen molar-refractivity contribution in [2.45, 2.75) is 25.4 Å². The lowest BCUT2D eigenvalue weighted by Gasteiger charge is -2.27. The highest BCUT2D eigenvalue weighted by molar-refractivity contribution is 6.42. The van der Waals surface area contributed by atoms with E-state index in [4.69, 9.17) is 33.1 Å². The monoisotopic (exact) mass is 484 g/mol. The number of benzene rings is 3. The largest absolute Gasteiger partial charge is 0.477 e. The van der Waals surface area contributed by atoms with Gasteiger partial charge >= 0.3 is 5.97 Å². The van der Waals surface area contributed by atoms with Crippen LogP contribution < -0.4 is 5.32 Å². The Morgan fingerprint density at radius 2 is 1.55 bits per heavy atom. The molecule has 0 saturated carbocycles. The maximum Gasteiger partial charge on any atom is 0.353 e. The van der Waals surface area contributed by atoms with Crippen LogP contribution in [0.1, 0.15) is 30.9 Å². The molecule has 0 aliphatic carbocycles. The summed E-state index contributed by atoms with van der Waals surface area (Å²) in [5, 5.41) is 16.5. The average molecular weight is 485 g/mol. The Bertz CT molecular complexity index is 1110. The van der Waals surface area contributed by atoms with Crippen LogP contribution in [0.4, 0.5) is 5.69 Å². The summed E-state index contributed by atoms with van der Waals surface area (Å²) >= 11 is 11.5. The molecule has 0 fully saturated rings. The third-order valence-corrected chi connectivity index (χ3v) is 5.72. The number of amides is 1. The quantitative estimate of drug-likeness (QED) is 0.455.